The predicted octanol–water partition coefficient (Wildman–Crippen LogP) is 2.55. The molecule has 0 fully saturated rings. The van der Waals surface area contributed by atoms with Crippen molar-refractivity contribution >= 4 is 5.78 Å². The van der Waals surface area contributed by atoms with Gasteiger partial charge in [0.05, 0.1) is 0 Å². The summed E-state index contributed by atoms with van der Waals surface area (Å²) in [5, 5.41) is 3.73. The van der Waals surface area contributed by atoms with Gasteiger partial charge < -0.3 is 9.51 Å². The van der Waals surface area contributed by atoms with Crippen LogP contribution in [0.15, 0.2) is 35.1 Å². The van der Waals surface area contributed by atoms with E-state index >= 15 is 0 Å². The van der Waals surface area contributed by atoms with Gasteiger partial charge >= 0.3 is 0 Å². The number of rotatable bonds is 5. The predicted molar refractivity (Wildman–Crippen MR) is 70.9 cm³/mol. The second-order valence-corrected chi connectivity index (χ2v) is 4.50. The Morgan fingerprint density at radius 3 is 2.86 bits per heavy atom. The fourth-order valence-electron chi connectivity index (χ4n) is 1.87. The summed E-state index contributed by atoms with van der Waals surface area (Å²) in [4.78, 5) is 22.8. The summed E-state index contributed by atoms with van der Waals surface area (Å²) < 4.78 is 30.9. The third kappa shape index (κ3) is 2.90. The first kappa shape index (κ1) is 14.1. The lowest BCUT2D eigenvalue weighted by molar-refractivity contribution is 0.0979. The number of hydrogen-bond donors (Lipinski definition) is 1. The van der Waals surface area contributed by atoms with E-state index in [0.29, 0.717) is 11.6 Å². The van der Waals surface area contributed by atoms with Crippen molar-refractivity contribution in [1.82, 2.24) is 20.1 Å². The number of aromatic nitrogens is 4. The average Bonchev–Trinajstić information content (AvgIpc) is 3.18. The van der Waals surface area contributed by atoms with Crippen molar-refractivity contribution in [3.05, 3.63) is 53.7 Å². The first-order valence-electron chi connectivity index (χ1n) is 6.44. The molecule has 0 radical (unpaired) electrons. The molecule has 6 nitrogen and oxygen atoms in total. The third-order valence-electron chi connectivity index (χ3n) is 2.99. The molecule has 0 saturated carbocycles. The molecule has 22 heavy (non-hydrogen) atoms. The Morgan fingerprint density at radius 1 is 1.27 bits per heavy atom. The molecule has 0 aliphatic rings. The minimum absolute atomic E-state index is 0.0465. The van der Waals surface area contributed by atoms with Gasteiger partial charge in [-0.05, 0) is 18.2 Å². The number of imidazole rings is 1. The van der Waals surface area contributed by atoms with Crippen molar-refractivity contribution in [1.29, 1.82) is 0 Å². The van der Waals surface area contributed by atoms with E-state index < -0.39 is 11.6 Å². The van der Waals surface area contributed by atoms with Gasteiger partial charge in [0.25, 0.3) is 0 Å². The zero-order chi connectivity index (χ0) is 15.5. The lowest BCUT2D eigenvalue weighted by Crippen LogP contribution is -2.02. The summed E-state index contributed by atoms with van der Waals surface area (Å²) in [6.07, 6.45) is 3.42. The van der Waals surface area contributed by atoms with Crippen LogP contribution in [0.5, 0.6) is 0 Å². The molecule has 0 atom stereocenters. The van der Waals surface area contributed by atoms with Gasteiger partial charge in [-0.3, -0.25) is 4.79 Å². The Balaban J connectivity index is 1.65. The van der Waals surface area contributed by atoms with E-state index in [1.54, 1.807) is 12.4 Å². The zero-order valence-corrected chi connectivity index (χ0v) is 11.2. The van der Waals surface area contributed by atoms with Crippen molar-refractivity contribution in [2.45, 2.75) is 12.8 Å². The number of ketones is 1. The monoisotopic (exact) mass is 304 g/mol. The highest BCUT2D eigenvalue weighted by atomic mass is 19.2. The Labute approximate surface area is 123 Å². The molecule has 0 spiro atoms. The van der Waals surface area contributed by atoms with Crippen LogP contribution < -0.4 is 0 Å². The van der Waals surface area contributed by atoms with Crippen LogP contribution in [0.1, 0.15) is 22.7 Å². The standard InChI is InChI=1S/C14H10F2N4O2/c15-9-2-1-8(7-10(9)16)11(21)3-4-12-19-14(20-22-12)13-17-5-6-18-13/h1-2,5-7H,3-4H2,(H,17,18). The fourth-order valence-corrected chi connectivity index (χ4v) is 1.87. The zero-order valence-electron chi connectivity index (χ0n) is 11.2. The van der Waals surface area contributed by atoms with Crippen molar-refractivity contribution in [2.24, 2.45) is 0 Å². The molecule has 0 saturated heterocycles. The van der Waals surface area contributed by atoms with Gasteiger partial charge in [-0.15, -0.1) is 0 Å². The largest absolute Gasteiger partial charge is 0.342 e. The molecular formula is C14H10F2N4O2. The highest BCUT2D eigenvalue weighted by Gasteiger charge is 2.14. The molecule has 8 heteroatoms. The molecule has 1 aromatic carbocycles. The summed E-state index contributed by atoms with van der Waals surface area (Å²) in [6.45, 7) is 0. The quantitative estimate of drug-likeness (QED) is 0.732. The van der Waals surface area contributed by atoms with E-state index in [-0.39, 0.29) is 30.1 Å². The Hall–Kier alpha value is -2.90. The van der Waals surface area contributed by atoms with Crippen molar-refractivity contribution in [3.8, 4) is 11.6 Å². The minimum atomic E-state index is -1.05. The molecule has 0 amide bonds. The number of Topliss-reactive ketones (excluding diaryl/α,β-unsaturated/α-hetero) is 1. The van der Waals surface area contributed by atoms with Gasteiger partial charge in [-0.2, -0.15) is 4.98 Å². The molecule has 3 rings (SSSR count). The van der Waals surface area contributed by atoms with E-state index in [9.17, 15) is 13.6 Å². The molecular weight excluding hydrogens is 294 g/mol. The topological polar surface area (TPSA) is 84.7 Å². The summed E-state index contributed by atoms with van der Waals surface area (Å²) in [6, 6.07) is 3.03. The van der Waals surface area contributed by atoms with Crippen molar-refractivity contribution < 1.29 is 18.1 Å². The number of nitrogens with one attached hydrogen (secondary N) is 1. The van der Waals surface area contributed by atoms with Crippen LogP contribution in [0.25, 0.3) is 11.6 Å². The molecule has 1 N–H and O–H groups in total. The van der Waals surface area contributed by atoms with Gasteiger partial charge in [0.15, 0.2) is 23.2 Å². The highest BCUT2D eigenvalue weighted by molar-refractivity contribution is 5.96. The summed E-state index contributed by atoms with van der Waals surface area (Å²) in [7, 11) is 0. The maximum atomic E-state index is 13.1. The number of aryl methyl sites for hydroxylation is 1. The number of H-pyrrole nitrogens is 1. The summed E-state index contributed by atoms with van der Waals surface area (Å²) in [5.41, 5.74) is 0.102. The SMILES string of the molecule is O=C(CCc1nc(-c2ncc[nH]2)no1)c1ccc(F)c(F)c1. The smallest absolute Gasteiger partial charge is 0.238 e. The van der Waals surface area contributed by atoms with Gasteiger partial charge in [0.2, 0.25) is 11.7 Å². The van der Waals surface area contributed by atoms with Gasteiger partial charge in [0.1, 0.15) is 0 Å². The number of hydrogen-bond acceptors (Lipinski definition) is 5. The second-order valence-electron chi connectivity index (χ2n) is 4.50. The second kappa shape index (κ2) is 5.84. The fraction of sp³-hybridized carbons (Fsp3) is 0.143. The lowest BCUT2D eigenvalue weighted by atomic mass is 10.1. The lowest BCUT2D eigenvalue weighted by Gasteiger charge is -2.00. The maximum absolute atomic E-state index is 13.1. The molecule has 0 unspecified atom stereocenters. The van der Waals surface area contributed by atoms with Gasteiger partial charge in [-0.25, -0.2) is 13.8 Å². The summed E-state index contributed by atoms with van der Waals surface area (Å²) in [5.74, 6) is -1.36. The van der Waals surface area contributed by atoms with Crippen molar-refractivity contribution in [3.63, 3.8) is 0 Å². The number of benzene rings is 1. The molecule has 0 aliphatic carbocycles. The molecule has 0 aliphatic heterocycles. The Bertz CT molecular complexity index is 799. The Kier molecular flexibility index (Phi) is 3.73. The maximum Gasteiger partial charge on any atom is 0.238 e. The number of carbonyl (C=O) groups is 1. The van der Waals surface area contributed by atoms with E-state index in [1.165, 1.54) is 6.07 Å². The van der Waals surface area contributed by atoms with Gasteiger partial charge in [-0.1, -0.05) is 5.16 Å². The molecule has 2 heterocycles. The van der Waals surface area contributed by atoms with Crippen LogP contribution in [0.3, 0.4) is 0 Å². The van der Waals surface area contributed by atoms with E-state index in [4.69, 9.17) is 4.52 Å². The first-order valence-corrected chi connectivity index (χ1v) is 6.44. The van der Waals surface area contributed by atoms with Crippen LogP contribution >= 0.6 is 0 Å². The first-order chi connectivity index (χ1) is 10.6. The number of halogens is 2. The van der Waals surface area contributed by atoms with E-state index in [2.05, 4.69) is 20.1 Å². The van der Waals surface area contributed by atoms with Crippen LogP contribution in [0.4, 0.5) is 8.78 Å². The van der Waals surface area contributed by atoms with Gasteiger partial charge in [0, 0.05) is 30.8 Å². The third-order valence-corrected chi connectivity index (χ3v) is 2.99. The Morgan fingerprint density at radius 2 is 2.14 bits per heavy atom. The number of carbonyl (C=O) groups excluding carboxylic acids is 1. The normalized spacial score (nSPS) is 10.8. The van der Waals surface area contributed by atoms with E-state index in [1.807, 2.05) is 0 Å². The van der Waals surface area contributed by atoms with Crippen LogP contribution in [0.2, 0.25) is 0 Å². The van der Waals surface area contributed by atoms with Crippen LogP contribution in [-0.4, -0.2) is 25.9 Å². The summed E-state index contributed by atoms with van der Waals surface area (Å²) >= 11 is 0. The molecule has 3 aromatic rings. The average molecular weight is 304 g/mol. The van der Waals surface area contributed by atoms with E-state index in [0.717, 1.165) is 12.1 Å². The molecule has 2 aromatic heterocycles. The number of nitrogens with zero attached hydrogens (tertiary/aromatic N) is 3. The van der Waals surface area contributed by atoms with Crippen LogP contribution in [0, 0.1) is 11.6 Å². The minimum Gasteiger partial charge on any atom is -0.342 e. The van der Waals surface area contributed by atoms with Crippen LogP contribution in [-0.2, 0) is 6.42 Å². The molecule has 112 valence electrons. The number of aromatic amines is 1. The highest BCUT2D eigenvalue weighted by Crippen LogP contribution is 2.14. The van der Waals surface area contributed by atoms with Crippen molar-refractivity contribution in [2.75, 3.05) is 0 Å². The molecule has 0 bridgehead atoms.